The lowest BCUT2D eigenvalue weighted by Gasteiger charge is -2.20. The van der Waals surface area contributed by atoms with E-state index < -0.39 is 5.82 Å². The number of nitrogens with zero attached hydrogens (tertiary/aromatic N) is 3. The summed E-state index contributed by atoms with van der Waals surface area (Å²) in [6.07, 6.45) is 5.36. The van der Waals surface area contributed by atoms with Gasteiger partial charge in [0, 0.05) is 51.8 Å². The molecule has 0 unspecified atom stereocenters. The Morgan fingerprint density at radius 1 is 1.41 bits per heavy atom. The Balaban J connectivity index is 0.000000275. The SMILES string of the molecule is CCN(CCNc1ccncc1)C(N)=S.N=C1CCOc2c(F)ccnc21.[HH]. The van der Waals surface area contributed by atoms with Gasteiger partial charge in [-0.05, 0) is 37.3 Å². The summed E-state index contributed by atoms with van der Waals surface area (Å²) in [5.74, 6) is -0.321. The van der Waals surface area contributed by atoms with Gasteiger partial charge in [-0.2, -0.15) is 0 Å². The van der Waals surface area contributed by atoms with Crippen LogP contribution in [0.15, 0.2) is 36.8 Å². The Labute approximate surface area is 164 Å². The maximum Gasteiger partial charge on any atom is 0.182 e. The zero-order chi connectivity index (χ0) is 19.6. The first-order valence-electron chi connectivity index (χ1n) is 8.56. The smallest absolute Gasteiger partial charge is 0.182 e. The van der Waals surface area contributed by atoms with Crippen molar-refractivity contribution < 1.29 is 10.6 Å². The number of nitrogens with two attached hydrogens (primary N) is 1. The van der Waals surface area contributed by atoms with Gasteiger partial charge in [-0.1, -0.05) is 0 Å². The van der Waals surface area contributed by atoms with Crippen LogP contribution in [-0.4, -0.2) is 51.9 Å². The molecule has 4 N–H and O–H groups in total. The molecule has 1 aliphatic heterocycles. The molecule has 1 aliphatic rings. The summed E-state index contributed by atoms with van der Waals surface area (Å²) in [7, 11) is 0. The van der Waals surface area contributed by atoms with E-state index in [1.165, 1.54) is 12.3 Å². The number of pyridine rings is 2. The quantitative estimate of drug-likeness (QED) is 0.673. The maximum atomic E-state index is 13.0. The fraction of sp³-hybridized carbons (Fsp3) is 0.333. The van der Waals surface area contributed by atoms with Gasteiger partial charge in [0.1, 0.15) is 5.69 Å². The van der Waals surface area contributed by atoms with Crippen molar-refractivity contribution in [3.63, 3.8) is 0 Å². The van der Waals surface area contributed by atoms with Crippen LogP contribution in [0.1, 0.15) is 20.5 Å². The van der Waals surface area contributed by atoms with E-state index in [1.54, 1.807) is 12.4 Å². The highest BCUT2D eigenvalue weighted by molar-refractivity contribution is 7.80. The number of rotatable bonds is 5. The summed E-state index contributed by atoms with van der Waals surface area (Å²) in [4.78, 5) is 9.76. The van der Waals surface area contributed by atoms with Crippen LogP contribution in [0.2, 0.25) is 0 Å². The second kappa shape index (κ2) is 10.4. The molecule has 0 radical (unpaired) electrons. The number of hydrogen-bond acceptors (Lipinski definition) is 6. The number of aromatic nitrogens is 2. The molecule has 3 rings (SSSR count). The molecule has 2 aromatic heterocycles. The Kier molecular flexibility index (Phi) is 7.87. The lowest BCUT2D eigenvalue weighted by atomic mass is 10.1. The second-order valence-corrected chi connectivity index (χ2v) is 6.05. The lowest BCUT2D eigenvalue weighted by Crippen LogP contribution is -2.38. The summed E-state index contributed by atoms with van der Waals surface area (Å²) in [6.45, 7) is 4.87. The summed E-state index contributed by atoms with van der Waals surface area (Å²) in [6, 6.07) is 5.09. The van der Waals surface area contributed by atoms with Crippen LogP contribution in [0.5, 0.6) is 5.75 Å². The van der Waals surface area contributed by atoms with Crippen molar-refractivity contribution in [2.24, 2.45) is 5.73 Å². The van der Waals surface area contributed by atoms with Gasteiger partial charge in [0.25, 0.3) is 0 Å². The van der Waals surface area contributed by atoms with Crippen LogP contribution in [0.4, 0.5) is 10.1 Å². The number of hydrogen-bond donors (Lipinski definition) is 3. The first kappa shape index (κ1) is 20.5. The molecular weight excluding hydrogens is 367 g/mol. The van der Waals surface area contributed by atoms with E-state index in [4.69, 9.17) is 28.1 Å². The summed E-state index contributed by atoms with van der Waals surface area (Å²) in [5, 5.41) is 11.2. The monoisotopic (exact) mass is 392 g/mol. The standard InChI is InChI=1S/C10H16N4S.C8H7FN2O.H2/c1-2-14(10(11)15)8-7-13-9-3-5-12-6-4-9;9-5-1-3-11-7-6(10)2-4-12-8(5)7;/h3-6H,2,7-8H2,1H3,(H2,11,15)(H,12,13);1,3,10H,2,4H2;1H. The topological polar surface area (TPSA) is 100 Å². The number of fused-ring (bicyclic) bond motifs is 1. The van der Waals surface area contributed by atoms with E-state index >= 15 is 0 Å². The van der Waals surface area contributed by atoms with Crippen LogP contribution < -0.4 is 15.8 Å². The molecule has 0 aliphatic carbocycles. The van der Waals surface area contributed by atoms with Gasteiger partial charge in [0.15, 0.2) is 16.7 Å². The first-order valence-corrected chi connectivity index (χ1v) is 8.97. The highest BCUT2D eigenvalue weighted by atomic mass is 32.1. The molecule has 0 amide bonds. The van der Waals surface area contributed by atoms with Crippen molar-refractivity contribution in [2.75, 3.05) is 31.6 Å². The number of anilines is 1. The van der Waals surface area contributed by atoms with E-state index in [0.29, 0.717) is 29.5 Å². The van der Waals surface area contributed by atoms with E-state index in [1.807, 2.05) is 24.0 Å². The van der Waals surface area contributed by atoms with E-state index in [-0.39, 0.29) is 7.18 Å². The van der Waals surface area contributed by atoms with E-state index in [9.17, 15) is 4.39 Å². The molecular formula is C18H25FN6OS. The summed E-state index contributed by atoms with van der Waals surface area (Å²) in [5.41, 5.74) is 7.28. The van der Waals surface area contributed by atoms with Crippen molar-refractivity contribution in [1.82, 2.24) is 14.9 Å². The normalized spacial score (nSPS) is 12.1. The minimum atomic E-state index is -0.440. The van der Waals surface area contributed by atoms with Crippen molar-refractivity contribution in [2.45, 2.75) is 13.3 Å². The second-order valence-electron chi connectivity index (χ2n) is 5.63. The van der Waals surface area contributed by atoms with Crippen LogP contribution in [0, 0.1) is 11.2 Å². The van der Waals surface area contributed by atoms with Gasteiger partial charge in [-0.3, -0.25) is 9.97 Å². The molecule has 0 atom stereocenters. The Morgan fingerprint density at radius 2 is 2.15 bits per heavy atom. The van der Waals surface area contributed by atoms with Crippen molar-refractivity contribution in [1.29, 1.82) is 5.41 Å². The zero-order valence-electron chi connectivity index (χ0n) is 15.1. The predicted molar refractivity (Wildman–Crippen MR) is 110 cm³/mol. The maximum absolute atomic E-state index is 13.0. The third kappa shape index (κ3) is 6.14. The number of likely N-dealkylation sites (N-methyl/N-ethyl adjacent to an activating group) is 1. The predicted octanol–water partition coefficient (Wildman–Crippen LogP) is 2.68. The van der Waals surface area contributed by atoms with Gasteiger partial charge in [0.05, 0.1) is 12.3 Å². The minimum absolute atomic E-state index is 0. The van der Waals surface area contributed by atoms with Gasteiger partial charge < -0.3 is 26.1 Å². The molecule has 7 nitrogen and oxygen atoms in total. The fourth-order valence-electron chi connectivity index (χ4n) is 2.38. The zero-order valence-corrected chi connectivity index (χ0v) is 15.9. The molecule has 9 heteroatoms. The molecule has 0 bridgehead atoms. The number of nitrogens with one attached hydrogen (secondary N) is 2. The van der Waals surface area contributed by atoms with Gasteiger partial charge in [-0.15, -0.1) is 0 Å². The van der Waals surface area contributed by atoms with Gasteiger partial charge >= 0.3 is 0 Å². The molecule has 2 aromatic rings. The molecule has 3 heterocycles. The van der Waals surface area contributed by atoms with Gasteiger partial charge in [-0.25, -0.2) is 4.39 Å². The lowest BCUT2D eigenvalue weighted by molar-refractivity contribution is 0.300. The minimum Gasteiger partial charge on any atom is -0.488 e. The van der Waals surface area contributed by atoms with Crippen LogP contribution in [0.25, 0.3) is 0 Å². The average molecular weight is 393 g/mol. The Hall–Kier alpha value is -2.81. The Bertz CT molecular complexity index is 780. The fourth-order valence-corrected chi connectivity index (χ4v) is 2.60. The molecule has 0 saturated carbocycles. The molecule has 0 saturated heterocycles. The molecule has 0 fully saturated rings. The number of halogens is 1. The third-order valence-corrected chi connectivity index (χ3v) is 4.08. The molecule has 146 valence electrons. The summed E-state index contributed by atoms with van der Waals surface area (Å²) < 4.78 is 18.0. The van der Waals surface area contributed by atoms with Crippen LogP contribution >= 0.6 is 12.2 Å². The highest BCUT2D eigenvalue weighted by Gasteiger charge is 2.19. The highest BCUT2D eigenvalue weighted by Crippen LogP contribution is 2.25. The largest absolute Gasteiger partial charge is 0.488 e. The number of thiocarbonyl (C=S) groups is 1. The van der Waals surface area contributed by atoms with Crippen molar-refractivity contribution in [3.8, 4) is 5.75 Å². The van der Waals surface area contributed by atoms with Crippen LogP contribution in [0.3, 0.4) is 0 Å². The van der Waals surface area contributed by atoms with E-state index in [2.05, 4.69) is 15.3 Å². The molecule has 0 aromatic carbocycles. The van der Waals surface area contributed by atoms with Crippen molar-refractivity contribution >= 4 is 28.7 Å². The van der Waals surface area contributed by atoms with Crippen LogP contribution in [-0.2, 0) is 0 Å². The van der Waals surface area contributed by atoms with Crippen molar-refractivity contribution in [3.05, 3.63) is 48.3 Å². The van der Waals surface area contributed by atoms with Gasteiger partial charge in [0.2, 0.25) is 0 Å². The first-order chi connectivity index (χ1) is 13.0. The average Bonchev–Trinajstić information content (AvgIpc) is 2.67. The number of ether oxygens (including phenoxy) is 1. The molecule has 0 spiro atoms. The summed E-state index contributed by atoms with van der Waals surface area (Å²) >= 11 is 4.91. The van der Waals surface area contributed by atoms with E-state index in [0.717, 1.165) is 25.3 Å². The Morgan fingerprint density at radius 3 is 2.78 bits per heavy atom. The molecule has 27 heavy (non-hydrogen) atoms. The third-order valence-electron chi connectivity index (χ3n) is 3.83.